The highest BCUT2D eigenvalue weighted by Gasteiger charge is 2.06. The van der Waals surface area contributed by atoms with E-state index in [4.69, 9.17) is 9.47 Å². The predicted molar refractivity (Wildman–Crippen MR) is 84.6 cm³/mol. The highest BCUT2D eigenvalue weighted by atomic mass is 16.5. The molecule has 0 amide bonds. The second-order valence-electron chi connectivity index (χ2n) is 4.75. The molecule has 0 unspecified atom stereocenters. The first-order valence-electron chi connectivity index (χ1n) is 7.25. The van der Waals surface area contributed by atoms with E-state index in [1.807, 2.05) is 43.3 Å². The van der Waals surface area contributed by atoms with Gasteiger partial charge in [0.1, 0.15) is 5.75 Å². The van der Waals surface area contributed by atoms with Crippen molar-refractivity contribution in [3.05, 3.63) is 54.6 Å². The molecule has 0 radical (unpaired) electrons. The topological polar surface area (TPSA) is 52.6 Å². The van der Waals surface area contributed by atoms with Crippen LogP contribution in [0.4, 0.5) is 0 Å². The van der Waals surface area contributed by atoms with Gasteiger partial charge in [-0.2, -0.15) is 0 Å². The van der Waals surface area contributed by atoms with Gasteiger partial charge in [0.25, 0.3) is 0 Å². The van der Waals surface area contributed by atoms with E-state index in [2.05, 4.69) is 0 Å². The second-order valence-corrected chi connectivity index (χ2v) is 4.75. The Bertz CT molecular complexity index is 683. The Labute approximate surface area is 129 Å². The molecule has 0 heterocycles. The van der Waals surface area contributed by atoms with E-state index in [1.165, 1.54) is 0 Å². The lowest BCUT2D eigenvalue weighted by Crippen LogP contribution is -2.07. The maximum Gasteiger partial charge on any atom is 0.336 e. The molecule has 0 spiro atoms. The number of carbonyl (C=O) groups excluding carboxylic acids is 2. The van der Waals surface area contributed by atoms with E-state index >= 15 is 0 Å². The van der Waals surface area contributed by atoms with Crippen LogP contribution in [-0.4, -0.2) is 18.5 Å². The van der Waals surface area contributed by atoms with Crippen LogP contribution in [0, 0.1) is 0 Å². The molecule has 0 aromatic heterocycles. The van der Waals surface area contributed by atoms with Gasteiger partial charge in [-0.15, -0.1) is 0 Å². The SMILES string of the molecule is CCCCOC(=O)/C=C/C(=O)Oc1cccc2ccccc12. The Morgan fingerprint density at radius 2 is 1.73 bits per heavy atom. The maximum absolute atomic E-state index is 11.8. The predicted octanol–water partition coefficient (Wildman–Crippen LogP) is 3.64. The van der Waals surface area contributed by atoms with Crippen LogP contribution in [0.3, 0.4) is 0 Å². The molecule has 22 heavy (non-hydrogen) atoms. The third kappa shape index (κ3) is 4.45. The number of fused-ring (bicyclic) bond motifs is 1. The summed E-state index contributed by atoms with van der Waals surface area (Å²) >= 11 is 0. The zero-order chi connectivity index (χ0) is 15.8. The normalized spacial score (nSPS) is 10.8. The lowest BCUT2D eigenvalue weighted by atomic mass is 10.1. The molecule has 2 aromatic carbocycles. The molecular weight excluding hydrogens is 280 g/mol. The minimum absolute atomic E-state index is 0.359. The molecule has 0 fully saturated rings. The zero-order valence-electron chi connectivity index (χ0n) is 12.5. The number of unbranched alkanes of at least 4 members (excludes halogenated alkanes) is 1. The van der Waals surface area contributed by atoms with E-state index in [1.54, 1.807) is 6.07 Å². The Morgan fingerprint density at radius 3 is 2.55 bits per heavy atom. The molecule has 114 valence electrons. The van der Waals surface area contributed by atoms with E-state index in [9.17, 15) is 9.59 Å². The highest BCUT2D eigenvalue weighted by Crippen LogP contribution is 2.25. The Kier molecular flexibility index (Phi) is 5.72. The van der Waals surface area contributed by atoms with Gasteiger partial charge in [-0.1, -0.05) is 49.7 Å². The molecule has 0 saturated heterocycles. The van der Waals surface area contributed by atoms with Crippen LogP contribution >= 0.6 is 0 Å². The van der Waals surface area contributed by atoms with Crippen LogP contribution in [0.5, 0.6) is 5.75 Å². The van der Waals surface area contributed by atoms with Gasteiger partial charge in [0, 0.05) is 17.5 Å². The number of carbonyl (C=O) groups is 2. The van der Waals surface area contributed by atoms with Crippen LogP contribution in [0.15, 0.2) is 54.6 Å². The first-order chi connectivity index (χ1) is 10.7. The fraction of sp³-hybridized carbons (Fsp3) is 0.222. The Balaban J connectivity index is 1.98. The summed E-state index contributed by atoms with van der Waals surface area (Å²) in [6, 6.07) is 13.1. The number of hydrogen-bond acceptors (Lipinski definition) is 4. The fourth-order valence-corrected chi connectivity index (χ4v) is 1.93. The number of rotatable bonds is 6. The van der Waals surface area contributed by atoms with E-state index < -0.39 is 11.9 Å². The second kappa shape index (κ2) is 7.98. The van der Waals surface area contributed by atoms with E-state index in [-0.39, 0.29) is 0 Å². The molecule has 2 aromatic rings. The van der Waals surface area contributed by atoms with Crippen molar-refractivity contribution < 1.29 is 19.1 Å². The summed E-state index contributed by atoms with van der Waals surface area (Å²) in [5.74, 6) is -0.681. The molecule has 0 saturated carbocycles. The molecule has 4 nitrogen and oxygen atoms in total. The molecule has 0 aliphatic carbocycles. The van der Waals surface area contributed by atoms with Crippen LogP contribution in [0.1, 0.15) is 19.8 Å². The van der Waals surface area contributed by atoms with Crippen LogP contribution in [0.25, 0.3) is 10.8 Å². The van der Waals surface area contributed by atoms with Gasteiger partial charge >= 0.3 is 11.9 Å². The summed E-state index contributed by atoms with van der Waals surface area (Å²) in [5.41, 5.74) is 0. The van der Waals surface area contributed by atoms with Gasteiger partial charge < -0.3 is 9.47 Å². The van der Waals surface area contributed by atoms with Gasteiger partial charge in [0.2, 0.25) is 0 Å². The highest BCUT2D eigenvalue weighted by molar-refractivity contribution is 5.95. The first-order valence-corrected chi connectivity index (χ1v) is 7.25. The molecule has 0 bridgehead atoms. The molecular formula is C18H18O4. The van der Waals surface area contributed by atoms with Crippen LogP contribution < -0.4 is 4.74 Å². The minimum atomic E-state index is -0.608. The van der Waals surface area contributed by atoms with Crippen LogP contribution in [-0.2, 0) is 14.3 Å². The summed E-state index contributed by atoms with van der Waals surface area (Å²) in [6.07, 6.45) is 3.92. The van der Waals surface area contributed by atoms with Gasteiger partial charge in [-0.25, -0.2) is 9.59 Å². The van der Waals surface area contributed by atoms with Gasteiger partial charge in [0.05, 0.1) is 6.61 Å². The van der Waals surface area contributed by atoms with Crippen molar-refractivity contribution in [1.29, 1.82) is 0 Å². The summed E-state index contributed by atoms with van der Waals surface area (Å²) in [4.78, 5) is 23.1. The molecule has 0 N–H and O–H groups in total. The number of hydrogen-bond donors (Lipinski definition) is 0. The Hall–Kier alpha value is -2.62. The first kappa shape index (κ1) is 15.8. The summed E-state index contributed by atoms with van der Waals surface area (Å²) in [6.45, 7) is 2.36. The van der Waals surface area contributed by atoms with Crippen molar-refractivity contribution in [2.24, 2.45) is 0 Å². The number of ether oxygens (including phenoxy) is 2. The number of esters is 2. The smallest absolute Gasteiger partial charge is 0.336 e. The Morgan fingerprint density at radius 1 is 1.00 bits per heavy atom. The third-order valence-electron chi connectivity index (χ3n) is 3.06. The van der Waals surface area contributed by atoms with Crippen molar-refractivity contribution in [3.8, 4) is 5.75 Å². The molecule has 0 atom stereocenters. The van der Waals surface area contributed by atoms with Crippen molar-refractivity contribution in [2.45, 2.75) is 19.8 Å². The van der Waals surface area contributed by atoms with Crippen molar-refractivity contribution in [2.75, 3.05) is 6.61 Å². The monoisotopic (exact) mass is 298 g/mol. The molecule has 0 aliphatic rings. The third-order valence-corrected chi connectivity index (χ3v) is 3.06. The average molecular weight is 298 g/mol. The van der Waals surface area contributed by atoms with Gasteiger partial charge in [-0.3, -0.25) is 0 Å². The average Bonchev–Trinajstić information content (AvgIpc) is 2.54. The quantitative estimate of drug-likeness (QED) is 0.353. The van der Waals surface area contributed by atoms with Crippen molar-refractivity contribution in [3.63, 3.8) is 0 Å². The number of benzene rings is 2. The van der Waals surface area contributed by atoms with Crippen molar-refractivity contribution >= 4 is 22.7 Å². The minimum Gasteiger partial charge on any atom is -0.463 e. The zero-order valence-corrected chi connectivity index (χ0v) is 12.5. The van der Waals surface area contributed by atoms with E-state index in [0.717, 1.165) is 35.8 Å². The largest absolute Gasteiger partial charge is 0.463 e. The summed E-state index contributed by atoms with van der Waals surface area (Å²) < 4.78 is 10.2. The maximum atomic E-state index is 11.8. The standard InChI is InChI=1S/C18H18O4/c1-2-3-13-21-17(19)11-12-18(20)22-16-10-6-8-14-7-4-5-9-15(14)16/h4-12H,2-3,13H2,1H3/b12-11+. The van der Waals surface area contributed by atoms with Gasteiger partial charge in [0.15, 0.2) is 0 Å². The lowest BCUT2D eigenvalue weighted by Gasteiger charge is -2.05. The molecule has 0 aliphatic heterocycles. The summed E-state index contributed by atoms with van der Waals surface area (Å²) in [7, 11) is 0. The molecule has 4 heteroatoms. The summed E-state index contributed by atoms with van der Waals surface area (Å²) in [5, 5.41) is 1.83. The van der Waals surface area contributed by atoms with Crippen LogP contribution in [0.2, 0.25) is 0 Å². The lowest BCUT2D eigenvalue weighted by molar-refractivity contribution is -0.138. The van der Waals surface area contributed by atoms with Crippen molar-refractivity contribution in [1.82, 2.24) is 0 Å². The fourth-order valence-electron chi connectivity index (χ4n) is 1.93. The van der Waals surface area contributed by atoms with Gasteiger partial charge in [-0.05, 0) is 17.9 Å². The van der Waals surface area contributed by atoms with E-state index in [0.29, 0.717) is 12.4 Å². The molecule has 2 rings (SSSR count).